The van der Waals surface area contributed by atoms with Gasteiger partial charge >= 0.3 is 0 Å². The predicted molar refractivity (Wildman–Crippen MR) is 41.4 cm³/mol. The molecule has 0 saturated heterocycles. The van der Waals surface area contributed by atoms with Gasteiger partial charge in [-0.05, 0) is 0 Å². The van der Waals surface area contributed by atoms with E-state index in [1.165, 1.54) is 24.3 Å². The molecule has 0 atom stereocenters. The quantitative estimate of drug-likeness (QED) is 0.536. The molecule has 1 aromatic rings. The highest BCUT2D eigenvalue weighted by Crippen LogP contribution is 2.25. The Morgan fingerprint density at radius 3 is 2.00 bits per heavy atom. The second kappa shape index (κ2) is 2.64. The number of rotatable bonds is 1. The van der Waals surface area contributed by atoms with E-state index in [-0.39, 0.29) is 5.56 Å². The van der Waals surface area contributed by atoms with Crippen molar-refractivity contribution in [2.75, 3.05) is 0 Å². The molecular weight excluding hydrogens is 145 g/mol. The van der Waals surface area contributed by atoms with E-state index in [0.29, 0.717) is 5.46 Å². The average Bonchev–Trinajstić information content (AvgIpc) is 1.86. The molecule has 0 heterocycles. The van der Waals surface area contributed by atoms with Crippen LogP contribution in [0.15, 0.2) is 24.3 Å². The Bertz CT molecular complexity index is 235. The number of alkyl halides is 2. The maximum atomic E-state index is 12.5. The molecule has 3 heteroatoms. The fraction of sp³-hybridized carbons (Fsp3) is 0.250. The Kier molecular flexibility index (Phi) is 1.98. The summed E-state index contributed by atoms with van der Waals surface area (Å²) in [5.74, 6) is -2.77. The molecule has 0 aliphatic rings. The summed E-state index contributed by atoms with van der Waals surface area (Å²) < 4.78 is 25.1. The topological polar surface area (TPSA) is 0 Å². The molecule has 0 unspecified atom stereocenters. The van der Waals surface area contributed by atoms with Crippen LogP contribution in [0.5, 0.6) is 0 Å². The van der Waals surface area contributed by atoms with Gasteiger partial charge in [-0.15, -0.1) is 0 Å². The van der Waals surface area contributed by atoms with E-state index in [1.807, 2.05) is 0 Å². The van der Waals surface area contributed by atoms with Crippen molar-refractivity contribution in [2.24, 2.45) is 0 Å². The predicted octanol–water partition coefficient (Wildman–Crippen LogP) is 1.59. The maximum Gasteiger partial charge on any atom is 0.270 e. The fourth-order valence-corrected chi connectivity index (χ4v) is 0.776. The number of halogens is 2. The van der Waals surface area contributed by atoms with Crippen LogP contribution in [0.1, 0.15) is 12.5 Å². The van der Waals surface area contributed by atoms with E-state index in [0.717, 1.165) is 6.92 Å². The van der Waals surface area contributed by atoms with Gasteiger partial charge in [-0.2, -0.15) is 0 Å². The molecule has 11 heavy (non-hydrogen) atoms. The Hall–Kier alpha value is -0.855. The highest BCUT2D eigenvalue weighted by molar-refractivity contribution is 6.32. The van der Waals surface area contributed by atoms with Gasteiger partial charge < -0.3 is 0 Å². The van der Waals surface area contributed by atoms with Crippen LogP contribution < -0.4 is 5.46 Å². The van der Waals surface area contributed by atoms with Gasteiger partial charge in [-0.25, -0.2) is 8.78 Å². The second-order valence-corrected chi connectivity index (χ2v) is 2.51. The summed E-state index contributed by atoms with van der Waals surface area (Å²) in [6.07, 6.45) is 0. The molecule has 0 nitrogen and oxygen atoms in total. The minimum Gasteiger partial charge on any atom is -0.202 e. The maximum absolute atomic E-state index is 12.5. The number of benzene rings is 1. The number of hydrogen-bond donors (Lipinski definition) is 0. The standard InChI is InChI=1S/C8H7BF2/c1-8(10,11)6-2-4-7(9)5-3-6/h2-5H,1H3. The molecule has 1 aromatic carbocycles. The van der Waals surface area contributed by atoms with E-state index in [1.54, 1.807) is 0 Å². The fourth-order valence-electron chi connectivity index (χ4n) is 0.776. The van der Waals surface area contributed by atoms with Gasteiger partial charge in [-0.3, -0.25) is 0 Å². The van der Waals surface area contributed by atoms with Crippen LogP contribution in [0.3, 0.4) is 0 Å². The van der Waals surface area contributed by atoms with Gasteiger partial charge in [0.05, 0.1) is 0 Å². The lowest BCUT2D eigenvalue weighted by atomic mass is 9.94. The molecule has 0 fully saturated rings. The minimum atomic E-state index is -2.77. The molecule has 2 radical (unpaired) electrons. The van der Waals surface area contributed by atoms with Gasteiger partial charge in [0.25, 0.3) is 5.92 Å². The van der Waals surface area contributed by atoms with Crippen molar-refractivity contribution >= 4 is 13.3 Å². The lowest BCUT2D eigenvalue weighted by molar-refractivity contribution is 0.0175. The van der Waals surface area contributed by atoms with Crippen molar-refractivity contribution < 1.29 is 8.78 Å². The Balaban J connectivity index is 2.99. The normalized spacial score (nSPS) is 11.5. The molecule has 1 rings (SSSR count). The molecule has 0 N–H and O–H groups in total. The average molecular weight is 152 g/mol. The summed E-state index contributed by atoms with van der Waals surface area (Å²) in [6.45, 7) is 0.860. The van der Waals surface area contributed by atoms with Crippen LogP contribution in [0.25, 0.3) is 0 Å². The zero-order chi connectivity index (χ0) is 8.48. The van der Waals surface area contributed by atoms with Crippen molar-refractivity contribution in [3.8, 4) is 0 Å². The van der Waals surface area contributed by atoms with E-state index in [2.05, 4.69) is 0 Å². The van der Waals surface area contributed by atoms with Gasteiger partial charge in [0.15, 0.2) is 0 Å². The molecule has 0 spiro atoms. The molecular formula is C8H7BF2. The van der Waals surface area contributed by atoms with E-state index in [4.69, 9.17) is 7.85 Å². The van der Waals surface area contributed by atoms with Crippen LogP contribution >= 0.6 is 0 Å². The van der Waals surface area contributed by atoms with E-state index in [9.17, 15) is 8.78 Å². The summed E-state index contributed by atoms with van der Waals surface area (Å²) in [5.41, 5.74) is 0.490. The van der Waals surface area contributed by atoms with Crippen molar-refractivity contribution in [3.05, 3.63) is 29.8 Å². The first-order chi connectivity index (χ1) is 5.00. The van der Waals surface area contributed by atoms with Crippen molar-refractivity contribution in [3.63, 3.8) is 0 Å². The van der Waals surface area contributed by atoms with Crippen LogP contribution in [0.2, 0.25) is 0 Å². The van der Waals surface area contributed by atoms with Gasteiger partial charge in [0, 0.05) is 12.5 Å². The SMILES string of the molecule is [B]c1ccc(C(C)(F)F)cc1. The summed E-state index contributed by atoms with van der Waals surface area (Å²) >= 11 is 0. The molecule has 56 valence electrons. The lowest BCUT2D eigenvalue weighted by Crippen LogP contribution is -2.09. The van der Waals surface area contributed by atoms with Crippen LogP contribution in [0.4, 0.5) is 8.78 Å². The molecule has 0 aromatic heterocycles. The zero-order valence-corrected chi connectivity index (χ0v) is 6.14. The summed E-state index contributed by atoms with van der Waals surface area (Å²) in [5, 5.41) is 0. The molecule has 0 bridgehead atoms. The minimum absolute atomic E-state index is 0.00769. The number of hydrogen-bond acceptors (Lipinski definition) is 0. The van der Waals surface area contributed by atoms with Gasteiger partial charge in [0.2, 0.25) is 0 Å². The largest absolute Gasteiger partial charge is 0.270 e. The van der Waals surface area contributed by atoms with Crippen molar-refractivity contribution in [1.82, 2.24) is 0 Å². The highest BCUT2D eigenvalue weighted by Gasteiger charge is 2.23. The first-order valence-electron chi connectivity index (χ1n) is 3.24. The van der Waals surface area contributed by atoms with E-state index < -0.39 is 5.92 Å². The van der Waals surface area contributed by atoms with Gasteiger partial charge in [0.1, 0.15) is 7.85 Å². The van der Waals surface area contributed by atoms with Crippen LogP contribution in [0, 0.1) is 0 Å². The van der Waals surface area contributed by atoms with Crippen LogP contribution in [-0.4, -0.2) is 7.85 Å². The summed E-state index contributed by atoms with van der Waals surface area (Å²) in [6, 6.07) is 5.59. The second-order valence-electron chi connectivity index (χ2n) is 2.51. The van der Waals surface area contributed by atoms with Crippen LogP contribution in [-0.2, 0) is 5.92 Å². The van der Waals surface area contributed by atoms with Gasteiger partial charge in [-0.1, -0.05) is 29.7 Å². The Labute approximate surface area is 65.6 Å². The molecule has 0 amide bonds. The zero-order valence-electron chi connectivity index (χ0n) is 6.14. The third-order valence-electron chi connectivity index (χ3n) is 1.42. The molecule has 0 aliphatic heterocycles. The molecule has 0 saturated carbocycles. The third kappa shape index (κ3) is 2.04. The third-order valence-corrected chi connectivity index (χ3v) is 1.42. The van der Waals surface area contributed by atoms with Crippen molar-refractivity contribution in [2.45, 2.75) is 12.8 Å². The summed E-state index contributed by atoms with van der Waals surface area (Å²) in [7, 11) is 5.33. The highest BCUT2D eigenvalue weighted by atomic mass is 19.3. The van der Waals surface area contributed by atoms with Crippen molar-refractivity contribution in [1.29, 1.82) is 0 Å². The Morgan fingerprint density at radius 1 is 1.18 bits per heavy atom. The van der Waals surface area contributed by atoms with E-state index >= 15 is 0 Å². The monoisotopic (exact) mass is 152 g/mol. The summed E-state index contributed by atoms with van der Waals surface area (Å²) in [4.78, 5) is 0. The first-order valence-corrected chi connectivity index (χ1v) is 3.24. The molecule has 0 aliphatic carbocycles. The smallest absolute Gasteiger partial charge is 0.202 e. The first kappa shape index (κ1) is 8.24. The Morgan fingerprint density at radius 2 is 1.64 bits per heavy atom. The lowest BCUT2D eigenvalue weighted by Gasteiger charge is -2.09.